The molecule has 3 heterocycles. The summed E-state index contributed by atoms with van der Waals surface area (Å²) < 4.78 is 87.6. The number of hydrogen-bond donors (Lipinski definition) is 2. The Morgan fingerprint density at radius 3 is 2.53 bits per heavy atom. The summed E-state index contributed by atoms with van der Waals surface area (Å²) in [6.45, 7) is 0.514. The lowest BCUT2D eigenvalue weighted by atomic mass is 9.85. The van der Waals surface area contributed by atoms with Gasteiger partial charge in [-0.1, -0.05) is 0 Å². The summed E-state index contributed by atoms with van der Waals surface area (Å²) in [5.41, 5.74) is 0.717. The van der Waals surface area contributed by atoms with Crippen molar-refractivity contribution in [1.29, 1.82) is 5.26 Å². The molecule has 0 aromatic carbocycles. The van der Waals surface area contributed by atoms with Crippen LogP contribution in [0.25, 0.3) is 0 Å². The molecule has 0 radical (unpaired) electrons. The summed E-state index contributed by atoms with van der Waals surface area (Å²) >= 11 is 0. The zero-order valence-electron chi connectivity index (χ0n) is 15.9. The fourth-order valence-electron chi connectivity index (χ4n) is 2.88. The Morgan fingerprint density at radius 2 is 1.97 bits per heavy atom. The fourth-order valence-corrected chi connectivity index (χ4v) is 2.88. The molecule has 1 amide bonds. The van der Waals surface area contributed by atoms with E-state index in [1.807, 2.05) is 0 Å². The smallest absolute Gasteiger partial charge is 0.431 e. The van der Waals surface area contributed by atoms with Gasteiger partial charge in [0.25, 0.3) is 18.0 Å². The van der Waals surface area contributed by atoms with Crippen molar-refractivity contribution in [3.05, 3.63) is 53.2 Å². The number of aliphatic imine (C=N–C) groups is 1. The number of rotatable bonds is 3. The zero-order chi connectivity index (χ0) is 23.9. The first-order valence-corrected chi connectivity index (χ1v) is 8.60. The molecule has 1 aliphatic heterocycles. The summed E-state index contributed by atoms with van der Waals surface area (Å²) in [5, 5.41) is 10.9. The lowest BCUT2D eigenvalue weighted by molar-refractivity contribution is -0.288. The minimum absolute atomic E-state index is 0.160. The van der Waals surface area contributed by atoms with E-state index in [1.165, 1.54) is 12.1 Å². The van der Waals surface area contributed by atoms with Crippen LogP contribution >= 0.6 is 0 Å². The Hall–Kier alpha value is -3.89. The van der Waals surface area contributed by atoms with Gasteiger partial charge in [0.2, 0.25) is 0 Å². The van der Waals surface area contributed by atoms with Crippen LogP contribution in [0.2, 0.25) is 0 Å². The number of alkyl halides is 5. The van der Waals surface area contributed by atoms with E-state index >= 15 is 0 Å². The molecule has 2 aromatic rings. The zero-order valence-corrected chi connectivity index (χ0v) is 15.9. The normalized spacial score (nSPS) is 22.3. The Bertz CT molecular complexity index is 1130. The molecule has 2 atom stereocenters. The number of nitriles is 1. The molecule has 0 saturated heterocycles. The second kappa shape index (κ2) is 7.66. The second-order valence-electron chi connectivity index (χ2n) is 6.71. The average molecular weight is 458 g/mol. The maximum absolute atomic E-state index is 14.8. The average Bonchev–Trinajstić information content (AvgIpc) is 2.71. The quantitative estimate of drug-likeness (QED) is 0.682. The molecule has 3 rings (SSSR count). The van der Waals surface area contributed by atoms with Gasteiger partial charge in [0.05, 0.1) is 5.56 Å². The van der Waals surface area contributed by atoms with Crippen LogP contribution < -0.4 is 11.1 Å². The van der Waals surface area contributed by atoms with E-state index in [0.717, 1.165) is 12.3 Å². The molecule has 3 N–H and O–H groups in total. The van der Waals surface area contributed by atoms with Crippen molar-refractivity contribution in [2.75, 3.05) is 5.32 Å². The Morgan fingerprint density at radius 1 is 1.28 bits per heavy atom. The number of amidine groups is 1. The van der Waals surface area contributed by atoms with Crippen LogP contribution in [0.4, 0.5) is 32.2 Å². The minimum atomic E-state index is -5.56. The van der Waals surface area contributed by atoms with Crippen LogP contribution in [0.5, 0.6) is 0 Å². The molecule has 2 aromatic heterocycles. The van der Waals surface area contributed by atoms with Crippen molar-refractivity contribution < 1.29 is 35.9 Å². The number of pyridine rings is 2. The highest BCUT2D eigenvalue weighted by atomic mass is 19.4. The van der Waals surface area contributed by atoms with Crippen LogP contribution in [-0.2, 0) is 10.3 Å². The highest BCUT2D eigenvalue weighted by molar-refractivity contribution is 6.02. The molecular formula is C18H12F6N6O2. The molecule has 0 fully saturated rings. The number of nitrogens with zero attached hydrogens (tertiary/aromatic N) is 4. The van der Waals surface area contributed by atoms with E-state index in [-0.39, 0.29) is 11.3 Å². The number of nitrogens with two attached hydrogens (primary N) is 1. The Labute approximate surface area is 175 Å². The molecule has 0 unspecified atom stereocenters. The molecule has 168 valence electrons. The predicted molar refractivity (Wildman–Crippen MR) is 95.9 cm³/mol. The third-order valence-electron chi connectivity index (χ3n) is 4.52. The van der Waals surface area contributed by atoms with Crippen LogP contribution in [0.15, 0.2) is 35.5 Å². The van der Waals surface area contributed by atoms with E-state index in [4.69, 9.17) is 11.0 Å². The SMILES string of the molecule is C[C@]1(c2nc(NC(=O)c3ccc(C#N)cn3)ccc2F)N=C(N)O[C@H](C(F)(F)F)C1(F)F. The first-order valence-electron chi connectivity index (χ1n) is 8.60. The van der Waals surface area contributed by atoms with E-state index in [9.17, 15) is 31.1 Å². The monoisotopic (exact) mass is 458 g/mol. The van der Waals surface area contributed by atoms with Crippen LogP contribution in [0.3, 0.4) is 0 Å². The van der Waals surface area contributed by atoms with Crippen LogP contribution in [-0.4, -0.2) is 40.1 Å². The van der Waals surface area contributed by atoms with Gasteiger partial charge in [0, 0.05) is 6.20 Å². The number of hydrogen-bond acceptors (Lipinski definition) is 7. The van der Waals surface area contributed by atoms with Gasteiger partial charge in [0.15, 0.2) is 5.54 Å². The second-order valence-corrected chi connectivity index (χ2v) is 6.71. The molecule has 1 aliphatic rings. The number of carbonyl (C=O) groups excluding carboxylic acids is 1. The Kier molecular flexibility index (Phi) is 5.46. The number of nitrogens with one attached hydrogen (secondary N) is 1. The van der Waals surface area contributed by atoms with Crippen LogP contribution in [0, 0.1) is 17.1 Å². The number of anilines is 1. The van der Waals surface area contributed by atoms with Crippen molar-refractivity contribution in [1.82, 2.24) is 9.97 Å². The van der Waals surface area contributed by atoms with E-state index in [1.54, 1.807) is 6.07 Å². The molecule has 8 nitrogen and oxygen atoms in total. The van der Waals surface area contributed by atoms with Gasteiger partial charge in [-0.05, 0) is 31.2 Å². The summed E-state index contributed by atoms with van der Waals surface area (Å²) in [5.74, 6) is -7.61. The maximum Gasteiger partial charge on any atom is 0.431 e. The number of aromatic nitrogens is 2. The lowest BCUT2D eigenvalue weighted by Crippen LogP contribution is -2.62. The molecule has 0 saturated carbocycles. The van der Waals surface area contributed by atoms with Crippen molar-refractivity contribution >= 4 is 17.7 Å². The van der Waals surface area contributed by atoms with Gasteiger partial charge in [-0.25, -0.2) is 19.4 Å². The van der Waals surface area contributed by atoms with Gasteiger partial charge in [-0.15, -0.1) is 0 Å². The Balaban J connectivity index is 2.01. The summed E-state index contributed by atoms with van der Waals surface area (Å²) in [7, 11) is 0. The molecule has 14 heteroatoms. The van der Waals surface area contributed by atoms with Gasteiger partial charge in [-0.3, -0.25) is 4.79 Å². The topological polar surface area (TPSA) is 126 Å². The highest BCUT2D eigenvalue weighted by Crippen LogP contribution is 2.50. The highest BCUT2D eigenvalue weighted by Gasteiger charge is 2.70. The van der Waals surface area contributed by atoms with Gasteiger partial charge >= 0.3 is 12.1 Å². The number of amides is 1. The van der Waals surface area contributed by atoms with Crippen molar-refractivity contribution in [2.45, 2.75) is 30.7 Å². The van der Waals surface area contributed by atoms with Gasteiger partial charge in [0.1, 0.15) is 29.1 Å². The molecule has 0 aliphatic carbocycles. The molecule has 32 heavy (non-hydrogen) atoms. The molecule has 0 spiro atoms. The number of halogens is 6. The first-order chi connectivity index (χ1) is 14.8. The van der Waals surface area contributed by atoms with Crippen LogP contribution in [0.1, 0.15) is 28.7 Å². The summed E-state index contributed by atoms with van der Waals surface area (Å²) in [6, 6.07) is 4.54. The largest absolute Gasteiger partial charge is 0.446 e. The van der Waals surface area contributed by atoms with Gasteiger partial charge < -0.3 is 15.8 Å². The third-order valence-corrected chi connectivity index (χ3v) is 4.52. The number of carbonyl (C=O) groups is 1. The van der Waals surface area contributed by atoms with Gasteiger partial charge in [-0.2, -0.15) is 27.2 Å². The van der Waals surface area contributed by atoms with E-state index in [0.29, 0.717) is 13.0 Å². The van der Waals surface area contributed by atoms with E-state index in [2.05, 4.69) is 25.0 Å². The number of ether oxygens (including phenoxy) is 1. The fraction of sp³-hybridized carbons (Fsp3) is 0.278. The maximum atomic E-state index is 14.8. The first kappa shape index (κ1) is 22.8. The van der Waals surface area contributed by atoms with Crippen molar-refractivity contribution in [3.63, 3.8) is 0 Å². The van der Waals surface area contributed by atoms with Crippen molar-refractivity contribution in [3.8, 4) is 6.07 Å². The lowest BCUT2D eigenvalue weighted by Gasteiger charge is -2.42. The minimum Gasteiger partial charge on any atom is -0.446 e. The molecule has 0 bridgehead atoms. The predicted octanol–water partition coefficient (Wildman–Crippen LogP) is 2.87. The summed E-state index contributed by atoms with van der Waals surface area (Å²) in [4.78, 5) is 22.8. The molecular weight excluding hydrogens is 446 g/mol. The standard InChI is InChI=1S/C18H12F6N6O2/c1-16(17(20,21)14(18(22,23)24)32-15(26)30-16)12-9(19)3-5-11(28-12)29-13(31)10-4-2-8(6-25)7-27-10/h2-5,7,14H,1H3,(H2,26,30)(H,28,29,31)/t14-,16+/m0/s1. The van der Waals surface area contributed by atoms with Crippen molar-refractivity contribution in [2.24, 2.45) is 10.7 Å². The third kappa shape index (κ3) is 3.88. The summed E-state index contributed by atoms with van der Waals surface area (Å²) in [6.07, 6.45) is -8.18. The van der Waals surface area contributed by atoms with E-state index < -0.39 is 53.0 Å².